The molecule has 0 aliphatic carbocycles. The van der Waals surface area contributed by atoms with Crippen LogP contribution in [0, 0.1) is 17.1 Å². The molecule has 1 unspecified atom stereocenters. The Morgan fingerprint density at radius 1 is 1.57 bits per heavy atom. The van der Waals surface area contributed by atoms with Crippen LogP contribution in [0.4, 0.5) is 10.1 Å². The van der Waals surface area contributed by atoms with Gasteiger partial charge in [0.1, 0.15) is 11.1 Å². The predicted molar refractivity (Wildman–Crippen MR) is 54.4 cm³/mol. The van der Waals surface area contributed by atoms with E-state index in [2.05, 4.69) is 11.1 Å². The van der Waals surface area contributed by atoms with Crippen LogP contribution in [-0.2, 0) is 0 Å². The van der Waals surface area contributed by atoms with Crippen molar-refractivity contribution < 1.29 is 4.39 Å². The molecule has 0 bridgehead atoms. The average molecular weight is 206 g/mol. The number of rotatable bonds is 0. The Hall–Kier alpha value is -1.34. The Morgan fingerprint density at radius 3 is 3.07 bits per heavy atom. The van der Waals surface area contributed by atoms with E-state index in [1.807, 2.05) is 6.92 Å². The highest BCUT2D eigenvalue weighted by molar-refractivity contribution is 8.01. The molecule has 0 spiro atoms. The van der Waals surface area contributed by atoms with Crippen LogP contribution in [0.25, 0.3) is 0 Å². The normalized spacial score (nSPS) is 19.5. The summed E-state index contributed by atoms with van der Waals surface area (Å²) in [5, 5.41) is 8.52. The van der Waals surface area contributed by atoms with Gasteiger partial charge in [0.15, 0.2) is 0 Å². The van der Waals surface area contributed by atoms with Gasteiger partial charge in [-0.1, -0.05) is 11.8 Å². The lowest BCUT2D eigenvalue weighted by Gasteiger charge is -2.16. The first-order valence-electron chi connectivity index (χ1n) is 4.12. The summed E-state index contributed by atoms with van der Waals surface area (Å²) in [5.41, 5.74) is 1.53. The molecule has 1 aliphatic rings. The van der Waals surface area contributed by atoms with Crippen LogP contribution in [0.1, 0.15) is 6.92 Å². The Balaban J connectivity index is 2.49. The maximum atomic E-state index is 12.9. The van der Waals surface area contributed by atoms with Gasteiger partial charge in [-0.3, -0.25) is 4.99 Å². The van der Waals surface area contributed by atoms with Crippen molar-refractivity contribution in [3.63, 3.8) is 0 Å². The number of aliphatic imine (C=N–C) groups is 1. The second-order valence-corrected chi connectivity index (χ2v) is 4.14. The van der Waals surface area contributed by atoms with Gasteiger partial charge in [-0.25, -0.2) is 4.39 Å². The zero-order valence-electron chi connectivity index (χ0n) is 7.49. The number of hydrogen-bond donors (Lipinski definition) is 0. The maximum Gasteiger partial charge on any atom is 0.134 e. The fraction of sp³-hybridized carbons (Fsp3) is 0.200. The van der Waals surface area contributed by atoms with Gasteiger partial charge in [-0.05, 0) is 25.1 Å². The van der Waals surface area contributed by atoms with E-state index >= 15 is 0 Å². The van der Waals surface area contributed by atoms with Crippen molar-refractivity contribution >= 4 is 23.2 Å². The zero-order chi connectivity index (χ0) is 10.1. The molecular weight excluding hydrogens is 199 g/mol. The number of benzene rings is 1. The molecule has 0 saturated heterocycles. The van der Waals surface area contributed by atoms with Crippen molar-refractivity contribution in [3.8, 4) is 6.07 Å². The monoisotopic (exact) mass is 206 g/mol. The molecular formula is C10H7FN2S. The topological polar surface area (TPSA) is 36.1 Å². The summed E-state index contributed by atoms with van der Waals surface area (Å²) >= 11 is 1.35. The molecule has 0 aromatic heterocycles. The van der Waals surface area contributed by atoms with Crippen LogP contribution in [0.3, 0.4) is 0 Å². The lowest BCUT2D eigenvalue weighted by Crippen LogP contribution is -2.13. The van der Waals surface area contributed by atoms with Gasteiger partial charge in [0.25, 0.3) is 0 Å². The van der Waals surface area contributed by atoms with Crippen molar-refractivity contribution in [2.24, 2.45) is 4.99 Å². The van der Waals surface area contributed by atoms with Crippen molar-refractivity contribution in [1.82, 2.24) is 0 Å². The molecule has 1 aromatic carbocycles. The fourth-order valence-corrected chi connectivity index (χ4v) is 2.20. The first kappa shape index (κ1) is 9.22. The van der Waals surface area contributed by atoms with E-state index in [9.17, 15) is 4.39 Å². The minimum atomic E-state index is -0.289. The first-order valence-corrected chi connectivity index (χ1v) is 4.99. The molecule has 1 heterocycles. The number of hydrogen-bond acceptors (Lipinski definition) is 3. The van der Waals surface area contributed by atoms with Gasteiger partial charge in [-0.2, -0.15) is 5.26 Å². The van der Waals surface area contributed by atoms with E-state index in [-0.39, 0.29) is 11.1 Å². The largest absolute Gasteiger partial charge is 0.255 e. The smallest absolute Gasteiger partial charge is 0.134 e. The molecule has 2 rings (SSSR count). The van der Waals surface area contributed by atoms with Crippen LogP contribution < -0.4 is 0 Å². The lowest BCUT2D eigenvalue weighted by atomic mass is 10.2. The fourth-order valence-electron chi connectivity index (χ4n) is 1.26. The van der Waals surface area contributed by atoms with Crippen LogP contribution >= 0.6 is 11.8 Å². The van der Waals surface area contributed by atoms with Crippen LogP contribution in [-0.4, -0.2) is 11.0 Å². The van der Waals surface area contributed by atoms with Crippen LogP contribution in [0.15, 0.2) is 28.1 Å². The van der Waals surface area contributed by atoms with E-state index in [0.29, 0.717) is 0 Å². The molecule has 4 heteroatoms. The molecule has 1 atom stereocenters. The third kappa shape index (κ3) is 1.51. The number of nitriles is 1. The minimum absolute atomic E-state index is 0.288. The molecule has 14 heavy (non-hydrogen) atoms. The molecule has 0 saturated carbocycles. The van der Waals surface area contributed by atoms with Crippen molar-refractivity contribution in [1.29, 1.82) is 5.26 Å². The Bertz CT molecular complexity index is 448. The molecule has 0 N–H and O–H groups in total. The van der Waals surface area contributed by atoms with E-state index < -0.39 is 0 Å². The summed E-state index contributed by atoms with van der Waals surface area (Å²) in [6.45, 7) is 1.81. The molecule has 0 fully saturated rings. The Labute approximate surface area is 85.5 Å². The van der Waals surface area contributed by atoms with Crippen LogP contribution in [0.2, 0.25) is 0 Å². The minimum Gasteiger partial charge on any atom is -0.255 e. The lowest BCUT2D eigenvalue weighted by molar-refractivity contribution is 0.624. The average Bonchev–Trinajstić information content (AvgIpc) is 2.17. The summed E-state index contributed by atoms with van der Waals surface area (Å²) < 4.78 is 12.9. The van der Waals surface area contributed by atoms with E-state index in [0.717, 1.165) is 16.3 Å². The maximum absolute atomic E-state index is 12.9. The Kier molecular flexibility index (Phi) is 2.26. The second-order valence-electron chi connectivity index (χ2n) is 2.99. The standard InChI is InChI=1S/C10H7FN2S/c1-6-10(5-12)14-9-4-7(11)2-3-8(9)13-6/h2-4,10H,1H3. The Morgan fingerprint density at radius 2 is 2.36 bits per heavy atom. The number of fused-ring (bicyclic) bond motifs is 1. The molecule has 0 radical (unpaired) electrons. The van der Waals surface area contributed by atoms with Gasteiger partial charge >= 0.3 is 0 Å². The molecule has 70 valence electrons. The molecule has 2 nitrogen and oxygen atoms in total. The van der Waals surface area contributed by atoms with E-state index in [4.69, 9.17) is 5.26 Å². The molecule has 0 amide bonds. The molecule has 1 aromatic rings. The summed E-state index contributed by atoms with van der Waals surface area (Å²) in [5.74, 6) is -0.289. The van der Waals surface area contributed by atoms with E-state index in [1.165, 1.54) is 23.9 Å². The third-order valence-corrected chi connectivity index (χ3v) is 3.22. The van der Waals surface area contributed by atoms with Crippen LogP contribution in [0.5, 0.6) is 0 Å². The second kappa shape index (κ2) is 3.43. The highest BCUT2D eigenvalue weighted by atomic mass is 32.2. The van der Waals surface area contributed by atoms with Gasteiger partial charge < -0.3 is 0 Å². The summed E-state index contributed by atoms with van der Waals surface area (Å²) in [6, 6.07) is 6.55. The number of halogens is 1. The van der Waals surface area contributed by atoms with Gasteiger partial charge in [0.05, 0.1) is 11.8 Å². The third-order valence-electron chi connectivity index (χ3n) is 1.96. The first-order chi connectivity index (χ1) is 6.70. The van der Waals surface area contributed by atoms with Gasteiger partial charge in [0, 0.05) is 10.6 Å². The number of thioether (sulfide) groups is 1. The SMILES string of the molecule is CC1=Nc2ccc(F)cc2SC1C#N. The molecule has 1 aliphatic heterocycles. The zero-order valence-corrected chi connectivity index (χ0v) is 8.31. The summed E-state index contributed by atoms with van der Waals surface area (Å²) in [7, 11) is 0. The van der Waals surface area contributed by atoms with Gasteiger partial charge in [-0.15, -0.1) is 0 Å². The highest BCUT2D eigenvalue weighted by Crippen LogP contribution is 2.37. The van der Waals surface area contributed by atoms with E-state index in [1.54, 1.807) is 6.07 Å². The number of nitrogens with zero attached hydrogens (tertiary/aromatic N) is 2. The van der Waals surface area contributed by atoms with Crippen molar-refractivity contribution in [2.75, 3.05) is 0 Å². The highest BCUT2D eigenvalue weighted by Gasteiger charge is 2.20. The predicted octanol–water partition coefficient (Wildman–Crippen LogP) is 2.92. The van der Waals surface area contributed by atoms with Crippen molar-refractivity contribution in [3.05, 3.63) is 24.0 Å². The van der Waals surface area contributed by atoms with Gasteiger partial charge in [0.2, 0.25) is 0 Å². The quantitative estimate of drug-likeness (QED) is 0.654. The summed E-state index contributed by atoms with van der Waals surface area (Å²) in [4.78, 5) is 4.98. The summed E-state index contributed by atoms with van der Waals surface area (Å²) in [6.07, 6.45) is 0. The van der Waals surface area contributed by atoms with Crippen molar-refractivity contribution in [2.45, 2.75) is 17.1 Å².